The molecule has 0 unspecified atom stereocenters. The predicted molar refractivity (Wildman–Crippen MR) is 67.5 cm³/mol. The fraction of sp³-hybridized carbons (Fsp3) is 0.133. The van der Waals surface area contributed by atoms with Crippen molar-refractivity contribution in [2.75, 3.05) is 7.11 Å². The van der Waals surface area contributed by atoms with Crippen molar-refractivity contribution in [3.05, 3.63) is 64.5 Å². The molecule has 0 saturated heterocycles. The number of carbonyl (C=O) groups is 1. The van der Waals surface area contributed by atoms with Gasteiger partial charge in [-0.1, -0.05) is 0 Å². The summed E-state index contributed by atoms with van der Waals surface area (Å²) in [6.07, 6.45) is 0. The number of hydrogen-bond donors (Lipinski definition) is 0. The Morgan fingerprint density at radius 1 is 1.00 bits per heavy atom. The lowest BCUT2D eigenvalue weighted by molar-refractivity contribution is 0.103. The SMILES string of the molecule is COc1ccc(F)cc1C(=O)c1cc(C)c(F)cc1F. The fourth-order valence-electron chi connectivity index (χ4n) is 1.83. The van der Waals surface area contributed by atoms with Gasteiger partial charge in [0, 0.05) is 6.07 Å². The number of aryl methyl sites for hydroxylation is 1. The number of methoxy groups -OCH3 is 1. The molecule has 0 aliphatic rings. The van der Waals surface area contributed by atoms with Crippen molar-refractivity contribution < 1.29 is 22.7 Å². The van der Waals surface area contributed by atoms with Gasteiger partial charge in [0.05, 0.1) is 18.2 Å². The lowest BCUT2D eigenvalue weighted by Crippen LogP contribution is -2.08. The fourth-order valence-corrected chi connectivity index (χ4v) is 1.83. The van der Waals surface area contributed by atoms with E-state index < -0.39 is 23.2 Å². The highest BCUT2D eigenvalue weighted by Crippen LogP contribution is 2.25. The zero-order valence-electron chi connectivity index (χ0n) is 10.8. The van der Waals surface area contributed by atoms with E-state index in [0.717, 1.165) is 18.2 Å². The van der Waals surface area contributed by atoms with Gasteiger partial charge in [-0.3, -0.25) is 4.79 Å². The Kier molecular flexibility index (Phi) is 3.79. The summed E-state index contributed by atoms with van der Waals surface area (Å²) in [6, 6.07) is 5.09. The number of rotatable bonds is 3. The summed E-state index contributed by atoms with van der Waals surface area (Å²) in [4.78, 5) is 12.3. The van der Waals surface area contributed by atoms with E-state index in [1.807, 2.05) is 0 Å². The summed E-state index contributed by atoms with van der Waals surface area (Å²) in [6.45, 7) is 1.41. The van der Waals surface area contributed by atoms with E-state index in [0.29, 0.717) is 6.07 Å². The average molecular weight is 280 g/mol. The number of carbonyl (C=O) groups excluding carboxylic acids is 1. The van der Waals surface area contributed by atoms with Crippen LogP contribution in [0.25, 0.3) is 0 Å². The maximum Gasteiger partial charge on any atom is 0.199 e. The van der Waals surface area contributed by atoms with Crippen LogP contribution in [-0.2, 0) is 0 Å². The van der Waals surface area contributed by atoms with Crippen LogP contribution in [0.5, 0.6) is 5.75 Å². The van der Waals surface area contributed by atoms with Gasteiger partial charge >= 0.3 is 0 Å². The molecule has 0 bridgehead atoms. The van der Waals surface area contributed by atoms with Gasteiger partial charge < -0.3 is 4.74 Å². The summed E-state index contributed by atoms with van der Waals surface area (Å²) in [5.41, 5.74) is -0.310. The minimum absolute atomic E-state index is 0.114. The predicted octanol–water partition coefficient (Wildman–Crippen LogP) is 3.65. The highest BCUT2D eigenvalue weighted by molar-refractivity contribution is 6.11. The number of ether oxygens (including phenoxy) is 1. The third-order valence-corrected chi connectivity index (χ3v) is 2.90. The van der Waals surface area contributed by atoms with Crippen LogP contribution >= 0.6 is 0 Å². The molecule has 0 saturated carbocycles. The van der Waals surface area contributed by atoms with E-state index in [1.165, 1.54) is 20.1 Å². The van der Waals surface area contributed by atoms with Crippen LogP contribution in [0.2, 0.25) is 0 Å². The van der Waals surface area contributed by atoms with Crippen LogP contribution in [0.3, 0.4) is 0 Å². The normalized spacial score (nSPS) is 10.4. The molecule has 0 radical (unpaired) electrons. The molecule has 0 aliphatic carbocycles. The summed E-state index contributed by atoms with van der Waals surface area (Å²) in [5.74, 6) is -3.03. The third-order valence-electron chi connectivity index (χ3n) is 2.90. The molecule has 0 spiro atoms. The standard InChI is InChI=1S/C15H11F3O2/c1-8-5-10(13(18)7-12(8)17)15(19)11-6-9(16)3-4-14(11)20-2/h3-7H,1-2H3. The highest BCUT2D eigenvalue weighted by atomic mass is 19.1. The van der Waals surface area contributed by atoms with Gasteiger partial charge in [0.2, 0.25) is 0 Å². The first-order chi connectivity index (χ1) is 9.43. The second-order valence-corrected chi connectivity index (χ2v) is 4.25. The minimum atomic E-state index is -0.996. The Hall–Kier alpha value is -2.30. The molecule has 2 nitrogen and oxygen atoms in total. The van der Waals surface area contributed by atoms with Crippen molar-refractivity contribution in [2.45, 2.75) is 6.92 Å². The molecule has 0 aromatic heterocycles. The van der Waals surface area contributed by atoms with Crippen LogP contribution in [-0.4, -0.2) is 12.9 Å². The molecule has 0 aliphatic heterocycles. The van der Waals surface area contributed by atoms with E-state index in [-0.39, 0.29) is 22.4 Å². The van der Waals surface area contributed by atoms with Crippen LogP contribution in [0.4, 0.5) is 13.2 Å². The van der Waals surface area contributed by atoms with Gasteiger partial charge in [0.25, 0.3) is 0 Å². The molecular weight excluding hydrogens is 269 g/mol. The number of ketones is 1. The minimum Gasteiger partial charge on any atom is -0.496 e. The Morgan fingerprint density at radius 2 is 1.70 bits per heavy atom. The summed E-state index contributed by atoms with van der Waals surface area (Å²) in [7, 11) is 1.32. The van der Waals surface area contributed by atoms with Gasteiger partial charge in [-0.2, -0.15) is 0 Å². The maximum atomic E-state index is 13.7. The Bertz CT molecular complexity index is 681. The zero-order valence-corrected chi connectivity index (χ0v) is 10.8. The lowest BCUT2D eigenvalue weighted by atomic mass is 10.00. The van der Waals surface area contributed by atoms with Crippen molar-refractivity contribution in [3.63, 3.8) is 0 Å². The maximum absolute atomic E-state index is 13.7. The molecular formula is C15H11F3O2. The van der Waals surface area contributed by atoms with Crippen LogP contribution in [0.15, 0.2) is 30.3 Å². The Balaban J connectivity index is 2.57. The van der Waals surface area contributed by atoms with Crippen molar-refractivity contribution in [1.29, 1.82) is 0 Å². The van der Waals surface area contributed by atoms with Crippen molar-refractivity contribution in [2.24, 2.45) is 0 Å². The van der Waals surface area contributed by atoms with E-state index >= 15 is 0 Å². The van der Waals surface area contributed by atoms with Gasteiger partial charge in [-0.25, -0.2) is 13.2 Å². The van der Waals surface area contributed by atoms with Crippen molar-refractivity contribution in [1.82, 2.24) is 0 Å². The topological polar surface area (TPSA) is 26.3 Å². The first-order valence-electron chi connectivity index (χ1n) is 5.78. The molecule has 2 aromatic carbocycles. The van der Waals surface area contributed by atoms with Crippen LogP contribution in [0.1, 0.15) is 21.5 Å². The molecule has 20 heavy (non-hydrogen) atoms. The van der Waals surface area contributed by atoms with Gasteiger partial charge in [-0.15, -0.1) is 0 Å². The molecule has 5 heteroatoms. The second kappa shape index (κ2) is 5.36. The monoisotopic (exact) mass is 280 g/mol. The molecule has 0 N–H and O–H groups in total. The van der Waals surface area contributed by atoms with Crippen molar-refractivity contribution in [3.8, 4) is 5.75 Å². The molecule has 2 rings (SSSR count). The van der Waals surface area contributed by atoms with E-state index in [2.05, 4.69) is 0 Å². The highest BCUT2D eigenvalue weighted by Gasteiger charge is 2.20. The van der Waals surface area contributed by atoms with Crippen LogP contribution in [0, 0.1) is 24.4 Å². The Labute approximate surface area is 113 Å². The largest absolute Gasteiger partial charge is 0.496 e. The number of halogens is 3. The summed E-state index contributed by atoms with van der Waals surface area (Å²) in [5, 5.41) is 0. The number of hydrogen-bond acceptors (Lipinski definition) is 2. The third kappa shape index (κ3) is 2.52. The first kappa shape index (κ1) is 14.1. The quantitative estimate of drug-likeness (QED) is 0.802. The molecule has 104 valence electrons. The first-order valence-corrected chi connectivity index (χ1v) is 5.78. The van der Waals surface area contributed by atoms with Crippen LogP contribution < -0.4 is 4.74 Å². The summed E-state index contributed by atoms with van der Waals surface area (Å²) < 4.78 is 45.1. The van der Waals surface area contributed by atoms with Gasteiger partial charge in [-0.05, 0) is 36.8 Å². The van der Waals surface area contributed by atoms with E-state index in [9.17, 15) is 18.0 Å². The van der Waals surface area contributed by atoms with Crippen molar-refractivity contribution >= 4 is 5.78 Å². The van der Waals surface area contributed by atoms with Gasteiger partial charge in [0.1, 0.15) is 23.2 Å². The lowest BCUT2D eigenvalue weighted by Gasteiger charge is -2.09. The average Bonchev–Trinajstić information content (AvgIpc) is 2.42. The van der Waals surface area contributed by atoms with E-state index in [4.69, 9.17) is 4.74 Å². The molecule has 0 fully saturated rings. The molecule has 0 heterocycles. The smallest absolute Gasteiger partial charge is 0.199 e. The summed E-state index contributed by atoms with van der Waals surface area (Å²) >= 11 is 0. The van der Waals surface area contributed by atoms with E-state index in [1.54, 1.807) is 0 Å². The molecule has 0 atom stereocenters. The van der Waals surface area contributed by atoms with Gasteiger partial charge in [0.15, 0.2) is 5.78 Å². The molecule has 2 aromatic rings. The second-order valence-electron chi connectivity index (χ2n) is 4.25. The Morgan fingerprint density at radius 3 is 2.35 bits per heavy atom. The zero-order chi connectivity index (χ0) is 14.9. The molecule has 0 amide bonds. The number of benzene rings is 2.